The molecule has 6 aromatic rings. The Bertz CT molecular complexity index is 2620. The van der Waals surface area contributed by atoms with E-state index in [-0.39, 0.29) is 0 Å². The van der Waals surface area contributed by atoms with Gasteiger partial charge in [0.25, 0.3) is 0 Å². The molecular formula is C62H71Cl2N3O6. The number of halogens is 2. The third-order valence-corrected chi connectivity index (χ3v) is 12.2. The number of carbonyl (C=O) groups is 1. The van der Waals surface area contributed by atoms with Crippen LogP contribution in [0.3, 0.4) is 0 Å². The Morgan fingerprint density at radius 1 is 0.589 bits per heavy atom. The molecule has 73 heavy (non-hydrogen) atoms. The highest BCUT2D eigenvalue weighted by molar-refractivity contribution is 6.61. The van der Waals surface area contributed by atoms with E-state index in [4.69, 9.17) is 42.1 Å². The topological polar surface area (TPSA) is 81.7 Å². The summed E-state index contributed by atoms with van der Waals surface area (Å²) in [7, 11) is 8.30. The Kier molecular flexibility index (Phi) is 23.2. The molecule has 0 spiro atoms. The number of carbonyl (C=O) groups excluding carboxylic acids is 1. The fourth-order valence-corrected chi connectivity index (χ4v) is 8.81. The Labute approximate surface area is 444 Å². The number of alkyl halides is 1. The fourth-order valence-electron chi connectivity index (χ4n) is 8.55. The van der Waals surface area contributed by atoms with Gasteiger partial charge in [0.1, 0.15) is 37.1 Å². The van der Waals surface area contributed by atoms with Crippen LogP contribution in [0, 0.1) is 0 Å². The molecule has 0 radical (unpaired) electrons. The predicted molar refractivity (Wildman–Crippen MR) is 301 cm³/mol. The minimum absolute atomic E-state index is 0.620. The van der Waals surface area contributed by atoms with Gasteiger partial charge >= 0.3 is 5.43 Å². The number of nitrogens with zero attached hydrogens (tertiary/aromatic N) is 2. The maximum Gasteiger partial charge on any atom is 0.405 e. The van der Waals surface area contributed by atoms with E-state index in [9.17, 15) is 4.79 Å². The number of benzene rings is 6. The van der Waals surface area contributed by atoms with E-state index in [0.717, 1.165) is 69.2 Å². The molecule has 0 fully saturated rings. The van der Waals surface area contributed by atoms with Crippen LogP contribution in [0.25, 0.3) is 16.7 Å². The molecule has 384 valence electrons. The lowest BCUT2D eigenvalue weighted by atomic mass is 9.93. The molecule has 1 atom stereocenters. The molecule has 11 heteroatoms. The van der Waals surface area contributed by atoms with Crippen LogP contribution in [0.1, 0.15) is 89.6 Å². The first-order chi connectivity index (χ1) is 35.6. The Hall–Kier alpha value is -6.17. The third kappa shape index (κ3) is 17.2. The van der Waals surface area contributed by atoms with E-state index in [1.54, 1.807) is 0 Å². The summed E-state index contributed by atoms with van der Waals surface area (Å²) in [6.45, 7) is 10.0. The zero-order valence-electron chi connectivity index (χ0n) is 43.3. The summed E-state index contributed by atoms with van der Waals surface area (Å²) in [5.41, 5.74) is 13.5. The summed E-state index contributed by atoms with van der Waals surface area (Å²) in [5.74, 6) is 2.91. The summed E-state index contributed by atoms with van der Waals surface area (Å²) in [6, 6.07) is 50.5. The minimum atomic E-state index is -0.873. The van der Waals surface area contributed by atoms with Crippen LogP contribution in [0.4, 0.5) is 4.79 Å². The molecule has 0 amide bonds. The lowest BCUT2D eigenvalue weighted by Gasteiger charge is -2.16. The van der Waals surface area contributed by atoms with Gasteiger partial charge in [-0.15, -0.1) is 0 Å². The molecule has 1 N–H and O–H groups in total. The maximum atomic E-state index is 9.71. The van der Waals surface area contributed by atoms with Gasteiger partial charge in [0.2, 0.25) is 0 Å². The quantitative estimate of drug-likeness (QED) is 0.0496. The summed E-state index contributed by atoms with van der Waals surface area (Å²) in [5, 5.41) is 3.20. The second kappa shape index (κ2) is 30.1. The van der Waals surface area contributed by atoms with Crippen LogP contribution >= 0.6 is 23.2 Å². The van der Waals surface area contributed by atoms with E-state index < -0.39 is 11.0 Å². The molecule has 0 saturated carbocycles. The smallest absolute Gasteiger partial charge is 0.405 e. The molecule has 0 aromatic heterocycles. The highest BCUT2D eigenvalue weighted by Gasteiger charge is 2.21. The molecule has 0 saturated heterocycles. The van der Waals surface area contributed by atoms with Crippen molar-refractivity contribution in [1.29, 1.82) is 0 Å². The van der Waals surface area contributed by atoms with Crippen molar-refractivity contribution >= 4 is 45.3 Å². The van der Waals surface area contributed by atoms with Crippen LogP contribution < -0.4 is 19.5 Å². The third-order valence-electron chi connectivity index (χ3n) is 12.0. The molecule has 0 aliphatic carbocycles. The summed E-state index contributed by atoms with van der Waals surface area (Å²) in [4.78, 5) is 14.1. The monoisotopic (exact) mass is 1020 g/mol. The Morgan fingerprint density at radius 3 is 1.32 bits per heavy atom. The van der Waals surface area contributed by atoms with Gasteiger partial charge in [-0.1, -0.05) is 164 Å². The zero-order chi connectivity index (χ0) is 51.8. The van der Waals surface area contributed by atoms with Crippen molar-refractivity contribution in [3.8, 4) is 17.2 Å². The van der Waals surface area contributed by atoms with E-state index in [1.165, 1.54) is 73.7 Å². The molecule has 9 nitrogen and oxygen atoms in total. The van der Waals surface area contributed by atoms with Gasteiger partial charge in [-0.3, -0.25) is 4.90 Å². The highest BCUT2D eigenvalue weighted by Crippen LogP contribution is 2.39. The number of ether oxygens (including phenoxy) is 5. The first-order valence-electron chi connectivity index (χ1n) is 25.2. The lowest BCUT2D eigenvalue weighted by molar-refractivity contribution is 0.0443. The molecular weight excluding hydrogens is 954 g/mol. The van der Waals surface area contributed by atoms with E-state index in [1.807, 2.05) is 31.3 Å². The van der Waals surface area contributed by atoms with Crippen molar-refractivity contribution in [3.05, 3.63) is 214 Å². The summed E-state index contributed by atoms with van der Waals surface area (Å²) in [6.07, 6.45) is 11.1. The number of para-hydroxylation sites is 3. The molecule has 3 aliphatic rings. The van der Waals surface area contributed by atoms with Crippen LogP contribution in [0.5, 0.6) is 17.2 Å². The maximum absolute atomic E-state index is 9.71. The lowest BCUT2D eigenvalue weighted by Crippen LogP contribution is -2.22. The van der Waals surface area contributed by atoms with Crippen molar-refractivity contribution in [3.63, 3.8) is 0 Å². The van der Waals surface area contributed by atoms with Gasteiger partial charge < -0.3 is 33.9 Å². The first-order valence-corrected chi connectivity index (χ1v) is 26.0. The molecule has 0 bridgehead atoms. The van der Waals surface area contributed by atoms with Gasteiger partial charge in [0, 0.05) is 48.0 Å². The molecule has 3 aliphatic heterocycles. The minimum Gasteiger partial charge on any atom is -0.488 e. The van der Waals surface area contributed by atoms with E-state index >= 15 is 0 Å². The fraction of sp³-hybridized carbons (Fsp3) is 0.306. The molecule has 9 rings (SSSR count). The largest absolute Gasteiger partial charge is 0.488 e. The molecule has 3 heterocycles. The second-order valence-electron chi connectivity index (χ2n) is 18.0. The van der Waals surface area contributed by atoms with E-state index in [2.05, 4.69) is 187 Å². The Balaban J connectivity index is 0.000000168. The van der Waals surface area contributed by atoms with Gasteiger partial charge in [0.05, 0.1) is 6.73 Å². The Morgan fingerprint density at radius 2 is 0.959 bits per heavy atom. The van der Waals surface area contributed by atoms with Crippen molar-refractivity contribution < 1.29 is 28.5 Å². The van der Waals surface area contributed by atoms with Crippen LogP contribution in [0.15, 0.2) is 164 Å². The number of hydrogen-bond acceptors (Lipinski definition) is 9. The van der Waals surface area contributed by atoms with Gasteiger partial charge in [0.15, 0.2) is 5.56 Å². The van der Waals surface area contributed by atoms with Gasteiger partial charge in [-0.2, -0.15) is 0 Å². The van der Waals surface area contributed by atoms with Crippen LogP contribution in [-0.2, 0) is 29.3 Å². The van der Waals surface area contributed by atoms with E-state index in [0.29, 0.717) is 26.6 Å². The zero-order valence-corrected chi connectivity index (χ0v) is 44.8. The summed E-state index contributed by atoms with van der Waals surface area (Å²) >= 11 is 9.87. The summed E-state index contributed by atoms with van der Waals surface area (Å²) < 4.78 is 27.7. The molecule has 1 unspecified atom stereocenters. The molecule has 6 aromatic carbocycles. The van der Waals surface area contributed by atoms with Crippen LogP contribution in [0.2, 0.25) is 0 Å². The second-order valence-corrected chi connectivity index (χ2v) is 18.9. The van der Waals surface area contributed by atoms with Gasteiger partial charge in [-0.25, -0.2) is 4.79 Å². The number of nitrogens with one attached hydrogen (secondary N) is 1. The highest BCUT2D eigenvalue weighted by atomic mass is 35.5. The predicted octanol–water partition coefficient (Wildman–Crippen LogP) is 14.2. The average molecular weight is 1030 g/mol. The van der Waals surface area contributed by atoms with Gasteiger partial charge in [-0.05, 0) is 136 Å². The van der Waals surface area contributed by atoms with Crippen molar-refractivity contribution in [1.82, 2.24) is 15.1 Å². The SMILES string of the molecule is CC(Cl)OC(=O)Cl.CCCOCN(C)CC/C=C1/c2ccccc2COc2ccccc21.CN(C)CC/C=C1\c2ccccc2COc2ccccc21.CNCC/C=C1\c2ccccc2COc2ccccc21. The number of hydrogen-bond donors (Lipinski definition) is 1. The standard InChI is InChI=1S/C22H27NO2.C19H21NO.C18H19NO.C3H4Cl2O2/c1-3-15-24-17-23(2)14-8-12-20-19-10-5-4-9-18(19)16-25-22-13-7-6-11-21(20)22;1-20(2)13-7-11-17-16-9-4-3-8-15(16)14-21-19-12-6-5-10-18(17)19;1-19-12-6-10-16-15-8-3-2-7-14(15)13-20-18-11-5-4-9-17(16)18;1-2(4)7-3(5)6/h4-7,9-13H,3,8,14-17H2,1-2H3;3-6,8-12H,7,13-14H2,1-2H3;2-5,7-11,19H,6,12-13H2,1H3;2H,1H3/b20-12-;17-11+;16-10+;. The number of rotatable bonds is 14. The first kappa shape index (κ1) is 56.1. The number of fused-ring (bicyclic) bond motifs is 6. The normalized spacial score (nSPS) is 14.8. The van der Waals surface area contributed by atoms with Crippen molar-refractivity contribution in [2.45, 2.75) is 64.9 Å². The van der Waals surface area contributed by atoms with Crippen molar-refractivity contribution in [2.24, 2.45) is 0 Å². The average Bonchev–Trinajstić information content (AvgIpc) is 3.74. The van der Waals surface area contributed by atoms with Crippen molar-refractivity contribution in [2.75, 3.05) is 61.2 Å². The van der Waals surface area contributed by atoms with Crippen LogP contribution in [-0.4, -0.2) is 82.0 Å².